The van der Waals surface area contributed by atoms with E-state index in [1.54, 1.807) is 12.1 Å². The Morgan fingerprint density at radius 1 is 0.871 bits per heavy atom. The van der Waals surface area contributed by atoms with Crippen molar-refractivity contribution in [2.75, 3.05) is 0 Å². The van der Waals surface area contributed by atoms with Gasteiger partial charge in [0, 0.05) is 0 Å². The third-order valence-electron chi connectivity index (χ3n) is 7.09. The SMILES string of the molecule is Cc1cc2c3ccc(F)cc3n3c4c[c]([Ge]([CH3])([CH3])[CH3])cc5cc[n+](C)c(c(c1C)c23)c54. The van der Waals surface area contributed by atoms with Gasteiger partial charge in [0.1, 0.15) is 0 Å². The Morgan fingerprint density at radius 2 is 1.65 bits per heavy atom. The van der Waals surface area contributed by atoms with Gasteiger partial charge in [-0.1, -0.05) is 0 Å². The Bertz CT molecular complexity index is 1700. The van der Waals surface area contributed by atoms with Gasteiger partial charge in [-0.2, -0.15) is 0 Å². The predicted molar refractivity (Wildman–Crippen MR) is 132 cm³/mol. The Hall–Kier alpha value is -2.66. The van der Waals surface area contributed by atoms with Crippen LogP contribution >= 0.6 is 0 Å². The molecule has 0 amide bonds. The van der Waals surface area contributed by atoms with Crippen molar-refractivity contribution in [3.8, 4) is 0 Å². The number of halogens is 1. The molecule has 0 N–H and O–H groups in total. The minimum absolute atomic E-state index is 0.188. The summed E-state index contributed by atoms with van der Waals surface area (Å²) in [4.78, 5) is 0. The number of rotatable bonds is 1. The first-order valence-corrected chi connectivity index (χ1v) is 18.2. The number of benzene rings is 3. The molecule has 0 saturated heterocycles. The quantitative estimate of drug-likeness (QED) is 0.119. The van der Waals surface area contributed by atoms with Gasteiger partial charge in [0.25, 0.3) is 0 Å². The predicted octanol–water partition coefficient (Wildman–Crippen LogP) is 6.12. The van der Waals surface area contributed by atoms with E-state index in [4.69, 9.17) is 0 Å². The summed E-state index contributed by atoms with van der Waals surface area (Å²) in [5.41, 5.74) is 7.19. The fourth-order valence-corrected chi connectivity index (χ4v) is 7.74. The summed E-state index contributed by atoms with van der Waals surface area (Å²) in [6, 6.07) is 14.6. The molecule has 0 bridgehead atoms. The van der Waals surface area contributed by atoms with Crippen LogP contribution in [0, 0.1) is 19.7 Å². The number of pyridine rings is 2. The van der Waals surface area contributed by atoms with Crippen molar-refractivity contribution >= 4 is 66.7 Å². The van der Waals surface area contributed by atoms with Crippen LogP contribution in [0.1, 0.15) is 11.1 Å². The molecule has 3 aromatic heterocycles. The van der Waals surface area contributed by atoms with E-state index in [1.165, 1.54) is 53.6 Å². The van der Waals surface area contributed by atoms with Crippen LogP contribution < -0.4 is 8.96 Å². The van der Waals surface area contributed by atoms with Gasteiger partial charge in [0.05, 0.1) is 0 Å². The molecule has 0 aliphatic heterocycles. The first kappa shape index (κ1) is 19.1. The molecule has 0 aliphatic rings. The summed E-state index contributed by atoms with van der Waals surface area (Å²) >= 11 is -2.10. The van der Waals surface area contributed by atoms with Crippen molar-refractivity contribution in [1.82, 2.24) is 4.40 Å². The number of nitrogens with zero attached hydrogens (tertiary/aromatic N) is 2. The Kier molecular flexibility index (Phi) is 3.67. The Balaban J connectivity index is 2.08. The molecule has 0 aliphatic carbocycles. The van der Waals surface area contributed by atoms with Gasteiger partial charge >= 0.3 is 184 Å². The fourth-order valence-electron chi connectivity index (χ4n) is 5.31. The molecule has 2 nitrogen and oxygen atoms in total. The summed E-state index contributed by atoms with van der Waals surface area (Å²) in [6.07, 6.45) is 2.19. The molecule has 3 heterocycles. The van der Waals surface area contributed by atoms with E-state index in [0.29, 0.717) is 0 Å². The number of aromatic nitrogens is 2. The first-order valence-electron chi connectivity index (χ1n) is 10.9. The van der Waals surface area contributed by atoms with Crippen molar-refractivity contribution in [3.63, 3.8) is 0 Å². The molecule has 3 aromatic carbocycles. The monoisotopic (exact) mass is 471 g/mol. The molecule has 6 aromatic rings. The van der Waals surface area contributed by atoms with E-state index in [2.05, 4.69) is 77.6 Å². The first-order chi connectivity index (χ1) is 14.7. The van der Waals surface area contributed by atoms with E-state index in [1.807, 2.05) is 6.07 Å². The van der Waals surface area contributed by atoms with Crippen LogP contribution in [0.4, 0.5) is 4.39 Å². The number of fused-ring (bicyclic) bond motifs is 5. The van der Waals surface area contributed by atoms with Gasteiger partial charge in [-0.3, -0.25) is 0 Å². The van der Waals surface area contributed by atoms with Crippen LogP contribution in [-0.4, -0.2) is 17.7 Å². The minimum atomic E-state index is -2.10. The zero-order valence-electron chi connectivity index (χ0n) is 18.9. The molecule has 0 fully saturated rings. The molecule has 0 saturated carbocycles. The molecular formula is C27H26FGeN2+. The van der Waals surface area contributed by atoms with Gasteiger partial charge in [-0.05, 0) is 0 Å². The second kappa shape index (κ2) is 5.98. The van der Waals surface area contributed by atoms with E-state index >= 15 is 0 Å². The Labute approximate surface area is 183 Å². The van der Waals surface area contributed by atoms with Crippen LogP contribution in [0.2, 0.25) is 17.3 Å². The number of hydrogen-bond acceptors (Lipinski definition) is 0. The van der Waals surface area contributed by atoms with E-state index in [0.717, 1.165) is 10.9 Å². The van der Waals surface area contributed by atoms with Gasteiger partial charge in [0.2, 0.25) is 0 Å². The van der Waals surface area contributed by atoms with Crippen molar-refractivity contribution in [2.45, 2.75) is 31.1 Å². The molecule has 0 radical (unpaired) electrons. The molecule has 0 atom stereocenters. The molecule has 0 spiro atoms. The number of hydrogen-bond donors (Lipinski definition) is 0. The summed E-state index contributed by atoms with van der Waals surface area (Å²) in [5, 5.41) is 6.14. The molecule has 154 valence electrons. The second-order valence-electron chi connectivity index (χ2n) is 10.1. The van der Waals surface area contributed by atoms with Crippen molar-refractivity contribution in [1.29, 1.82) is 0 Å². The van der Waals surface area contributed by atoms with Crippen LogP contribution in [0.15, 0.2) is 48.7 Å². The summed E-state index contributed by atoms with van der Waals surface area (Å²) in [7, 11) is 2.14. The van der Waals surface area contributed by atoms with Crippen LogP contribution in [0.3, 0.4) is 0 Å². The third-order valence-corrected chi connectivity index (χ3v) is 11.3. The standard InChI is InChI=1S/C27H26FGeN2/c1-15-11-21-20-8-7-18(28)13-22(20)31-23-14-19(29(3,4)5)12-17-9-10-30(6)27(25(17)23)24(16(15)2)26(21)31/h7-14H,1-6H3/q+1. The second-order valence-corrected chi connectivity index (χ2v) is 20.7. The molecule has 31 heavy (non-hydrogen) atoms. The average molecular weight is 470 g/mol. The van der Waals surface area contributed by atoms with Crippen molar-refractivity contribution in [2.24, 2.45) is 7.05 Å². The van der Waals surface area contributed by atoms with E-state index in [-0.39, 0.29) is 5.82 Å². The molecule has 6 rings (SSSR count). The Morgan fingerprint density at radius 3 is 2.39 bits per heavy atom. The summed E-state index contributed by atoms with van der Waals surface area (Å²) in [6.45, 7) is 4.40. The van der Waals surface area contributed by atoms with Crippen LogP contribution in [0.25, 0.3) is 49.0 Å². The third kappa shape index (κ3) is 2.41. The van der Waals surface area contributed by atoms with E-state index in [9.17, 15) is 4.39 Å². The molecule has 4 heteroatoms. The van der Waals surface area contributed by atoms with Crippen LogP contribution in [0.5, 0.6) is 0 Å². The molecular weight excluding hydrogens is 444 g/mol. The van der Waals surface area contributed by atoms with Gasteiger partial charge in [-0.25, -0.2) is 0 Å². The maximum absolute atomic E-state index is 14.5. The summed E-state index contributed by atoms with van der Waals surface area (Å²) < 4.78 is 20.5. The van der Waals surface area contributed by atoms with E-state index < -0.39 is 13.3 Å². The number of aryl methyl sites for hydroxylation is 3. The van der Waals surface area contributed by atoms with Gasteiger partial charge in [-0.15, -0.1) is 0 Å². The zero-order chi connectivity index (χ0) is 21.8. The van der Waals surface area contributed by atoms with Crippen molar-refractivity contribution < 1.29 is 8.96 Å². The zero-order valence-corrected chi connectivity index (χ0v) is 21.0. The van der Waals surface area contributed by atoms with Crippen LogP contribution in [-0.2, 0) is 7.05 Å². The average Bonchev–Trinajstić information content (AvgIpc) is 3.02. The normalized spacial score (nSPS) is 13.0. The van der Waals surface area contributed by atoms with Crippen molar-refractivity contribution in [3.05, 3.63) is 65.6 Å². The summed E-state index contributed by atoms with van der Waals surface area (Å²) in [5.74, 6) is 7.12. The van der Waals surface area contributed by atoms with Gasteiger partial charge < -0.3 is 0 Å². The fraction of sp³-hybridized carbons (Fsp3) is 0.222. The van der Waals surface area contributed by atoms with Gasteiger partial charge in [0.15, 0.2) is 0 Å². The topological polar surface area (TPSA) is 8.29 Å². The maximum atomic E-state index is 14.5. The molecule has 0 unspecified atom stereocenters.